The van der Waals surface area contributed by atoms with Crippen molar-refractivity contribution in [1.82, 2.24) is 0 Å². The fourth-order valence-corrected chi connectivity index (χ4v) is 6.47. The van der Waals surface area contributed by atoms with Crippen LogP contribution in [0.25, 0.3) is 0 Å². The average Bonchev–Trinajstić information content (AvgIpc) is 2.66. The highest BCUT2D eigenvalue weighted by atomic mass is 16.6. The SMILES string of the molecule is CCCCO[C@H]1C2=C(C(=O)C(=O)C(C(C)C)=C2O)[C@@]2(C)CCCC(C)(C)C2[C@H]1OC(C)=O. The van der Waals surface area contributed by atoms with Gasteiger partial charge in [-0.05, 0) is 30.6 Å². The molecule has 32 heavy (non-hydrogen) atoms. The number of allylic oxidation sites excluding steroid dienone is 2. The van der Waals surface area contributed by atoms with Crippen molar-refractivity contribution in [3.05, 3.63) is 22.5 Å². The lowest BCUT2D eigenvalue weighted by atomic mass is 9.47. The number of esters is 1. The third kappa shape index (κ3) is 3.85. The Morgan fingerprint density at radius 1 is 1.16 bits per heavy atom. The van der Waals surface area contributed by atoms with Crippen LogP contribution in [0.3, 0.4) is 0 Å². The Balaban J connectivity index is 2.33. The zero-order chi connectivity index (χ0) is 24.0. The molecule has 0 amide bonds. The number of hydrogen-bond donors (Lipinski definition) is 1. The van der Waals surface area contributed by atoms with Crippen molar-refractivity contribution in [3.63, 3.8) is 0 Å². The minimum atomic E-state index is -0.790. The summed E-state index contributed by atoms with van der Waals surface area (Å²) in [6.07, 6.45) is 2.75. The Morgan fingerprint density at radius 2 is 1.81 bits per heavy atom. The lowest BCUT2D eigenvalue weighted by Gasteiger charge is -2.58. The van der Waals surface area contributed by atoms with Gasteiger partial charge in [0.2, 0.25) is 11.6 Å². The van der Waals surface area contributed by atoms with Gasteiger partial charge in [-0.2, -0.15) is 0 Å². The summed E-state index contributed by atoms with van der Waals surface area (Å²) in [7, 11) is 0. The molecule has 1 unspecified atom stereocenters. The molecule has 3 aliphatic carbocycles. The molecule has 0 saturated heterocycles. The number of fused-ring (bicyclic) bond motifs is 2. The smallest absolute Gasteiger partial charge is 0.303 e. The Bertz CT molecular complexity index is 877. The number of aliphatic hydroxyl groups excluding tert-OH is 1. The van der Waals surface area contributed by atoms with Gasteiger partial charge in [-0.25, -0.2) is 0 Å². The molecule has 0 heterocycles. The van der Waals surface area contributed by atoms with Gasteiger partial charge in [-0.3, -0.25) is 14.4 Å². The van der Waals surface area contributed by atoms with Gasteiger partial charge in [0.25, 0.3) is 0 Å². The van der Waals surface area contributed by atoms with Gasteiger partial charge in [0, 0.05) is 41.6 Å². The first kappa shape index (κ1) is 24.7. The minimum Gasteiger partial charge on any atom is -0.507 e. The third-order valence-electron chi connectivity index (χ3n) is 7.66. The van der Waals surface area contributed by atoms with Gasteiger partial charge in [0.1, 0.15) is 18.0 Å². The molecule has 0 radical (unpaired) electrons. The summed E-state index contributed by atoms with van der Waals surface area (Å²) >= 11 is 0. The van der Waals surface area contributed by atoms with Crippen molar-refractivity contribution in [2.45, 2.75) is 92.8 Å². The third-order valence-corrected chi connectivity index (χ3v) is 7.66. The fourth-order valence-electron chi connectivity index (χ4n) is 6.47. The summed E-state index contributed by atoms with van der Waals surface area (Å²) < 4.78 is 12.2. The molecule has 6 nitrogen and oxygen atoms in total. The number of carbonyl (C=O) groups excluding carboxylic acids is 3. The van der Waals surface area contributed by atoms with Gasteiger partial charge in [-0.15, -0.1) is 0 Å². The Morgan fingerprint density at radius 3 is 2.38 bits per heavy atom. The minimum absolute atomic E-state index is 0.122. The second kappa shape index (κ2) is 8.77. The second-order valence-electron chi connectivity index (χ2n) is 10.8. The highest BCUT2D eigenvalue weighted by Gasteiger charge is 2.63. The maximum atomic E-state index is 13.6. The van der Waals surface area contributed by atoms with Crippen LogP contribution in [0, 0.1) is 22.7 Å². The van der Waals surface area contributed by atoms with Gasteiger partial charge in [-0.1, -0.05) is 54.4 Å². The van der Waals surface area contributed by atoms with Crippen LogP contribution < -0.4 is 0 Å². The second-order valence-corrected chi connectivity index (χ2v) is 10.8. The number of ether oxygens (including phenoxy) is 2. The van der Waals surface area contributed by atoms with E-state index in [1.54, 1.807) is 13.8 Å². The fraction of sp³-hybridized carbons (Fsp3) is 0.731. The van der Waals surface area contributed by atoms with E-state index in [4.69, 9.17) is 9.47 Å². The molecular weight excluding hydrogens is 408 g/mol. The Kier molecular flexibility index (Phi) is 6.77. The quantitative estimate of drug-likeness (QED) is 0.271. The zero-order valence-electron chi connectivity index (χ0n) is 20.5. The van der Waals surface area contributed by atoms with Crippen LogP contribution in [-0.4, -0.2) is 41.5 Å². The molecule has 0 spiro atoms. The average molecular weight is 447 g/mol. The lowest BCUT2D eigenvalue weighted by Crippen LogP contribution is -2.61. The molecule has 0 bridgehead atoms. The number of hydrogen-bond acceptors (Lipinski definition) is 6. The van der Waals surface area contributed by atoms with Crippen molar-refractivity contribution in [2.75, 3.05) is 6.61 Å². The summed E-state index contributed by atoms with van der Waals surface area (Å²) in [6, 6.07) is 0. The predicted molar refractivity (Wildman–Crippen MR) is 121 cm³/mol. The molecule has 178 valence electrons. The molecule has 0 aromatic heterocycles. The van der Waals surface area contributed by atoms with Crippen LogP contribution >= 0.6 is 0 Å². The molecular formula is C26H38O6. The largest absolute Gasteiger partial charge is 0.507 e. The van der Waals surface area contributed by atoms with Crippen LogP contribution in [0.15, 0.2) is 22.5 Å². The topological polar surface area (TPSA) is 89.9 Å². The van der Waals surface area contributed by atoms with E-state index in [1.165, 1.54) is 6.92 Å². The number of Topliss-reactive ketones (excluding diaryl/α,β-unsaturated/α-hetero) is 2. The summed E-state index contributed by atoms with van der Waals surface area (Å²) in [4.78, 5) is 38.9. The standard InChI is InChI=1S/C26H38O6/c1-8-9-13-31-22-17-18(21(30)20(29)16(14(2)3)19(17)28)26(7)12-10-11-25(5,6)24(26)23(22)32-15(4)27/h14,22-24,28H,8-13H2,1-7H3/t22-,23-,24?,26+/m0/s1. The zero-order valence-corrected chi connectivity index (χ0v) is 20.5. The maximum absolute atomic E-state index is 13.6. The van der Waals surface area contributed by atoms with E-state index in [-0.39, 0.29) is 28.6 Å². The van der Waals surface area contributed by atoms with E-state index < -0.39 is 35.2 Å². The molecule has 1 fully saturated rings. The molecule has 0 aromatic carbocycles. The number of aliphatic hydroxyl groups is 1. The van der Waals surface area contributed by atoms with Crippen molar-refractivity contribution in [3.8, 4) is 0 Å². The molecule has 1 saturated carbocycles. The molecule has 0 aromatic rings. The first-order valence-electron chi connectivity index (χ1n) is 11.9. The van der Waals surface area contributed by atoms with E-state index in [2.05, 4.69) is 20.8 Å². The van der Waals surface area contributed by atoms with E-state index in [0.717, 1.165) is 25.7 Å². The highest BCUT2D eigenvalue weighted by Crippen LogP contribution is 2.62. The van der Waals surface area contributed by atoms with Gasteiger partial charge < -0.3 is 14.6 Å². The lowest BCUT2D eigenvalue weighted by molar-refractivity contribution is -0.180. The normalized spacial score (nSPS) is 32.2. The molecule has 1 N–H and O–H groups in total. The van der Waals surface area contributed by atoms with Crippen LogP contribution in [0.5, 0.6) is 0 Å². The number of carbonyl (C=O) groups is 3. The number of unbranched alkanes of at least 4 members (excludes halogenated alkanes) is 1. The van der Waals surface area contributed by atoms with Gasteiger partial charge in [0.05, 0.1) is 0 Å². The van der Waals surface area contributed by atoms with Gasteiger partial charge >= 0.3 is 5.97 Å². The van der Waals surface area contributed by atoms with E-state index in [9.17, 15) is 19.5 Å². The molecule has 3 rings (SSSR count). The first-order chi connectivity index (χ1) is 14.9. The molecule has 0 aliphatic heterocycles. The van der Waals surface area contributed by atoms with Crippen LogP contribution in [0.2, 0.25) is 0 Å². The predicted octanol–water partition coefficient (Wildman–Crippen LogP) is 4.87. The van der Waals surface area contributed by atoms with Crippen molar-refractivity contribution >= 4 is 17.5 Å². The van der Waals surface area contributed by atoms with Gasteiger partial charge in [0.15, 0.2) is 0 Å². The Labute approximate surface area is 191 Å². The van der Waals surface area contributed by atoms with E-state index >= 15 is 0 Å². The van der Waals surface area contributed by atoms with Crippen molar-refractivity contribution < 1.29 is 29.0 Å². The summed E-state index contributed by atoms with van der Waals surface area (Å²) in [5.74, 6) is -2.30. The summed E-state index contributed by atoms with van der Waals surface area (Å²) in [6.45, 7) is 13.7. The number of rotatable bonds is 6. The molecule has 6 heteroatoms. The maximum Gasteiger partial charge on any atom is 0.303 e. The van der Waals surface area contributed by atoms with Crippen LogP contribution in [0.1, 0.15) is 80.6 Å². The summed E-state index contributed by atoms with van der Waals surface area (Å²) in [5.41, 5.74) is -0.106. The first-order valence-corrected chi connectivity index (χ1v) is 11.9. The summed E-state index contributed by atoms with van der Waals surface area (Å²) in [5, 5.41) is 11.4. The molecule has 4 atom stereocenters. The Hall–Kier alpha value is -1.95. The highest BCUT2D eigenvalue weighted by molar-refractivity contribution is 6.50. The van der Waals surface area contributed by atoms with Crippen LogP contribution in [-0.2, 0) is 23.9 Å². The van der Waals surface area contributed by atoms with E-state index in [0.29, 0.717) is 24.2 Å². The monoisotopic (exact) mass is 446 g/mol. The number of ketones is 2. The van der Waals surface area contributed by atoms with Crippen LogP contribution in [0.4, 0.5) is 0 Å². The van der Waals surface area contributed by atoms with E-state index in [1.807, 2.05) is 6.92 Å². The molecule has 3 aliphatic rings. The van der Waals surface area contributed by atoms with Crippen molar-refractivity contribution in [1.29, 1.82) is 0 Å². The van der Waals surface area contributed by atoms with Crippen molar-refractivity contribution in [2.24, 2.45) is 22.7 Å².